The van der Waals surface area contributed by atoms with Crippen molar-refractivity contribution in [1.82, 2.24) is 15.1 Å². The number of hydrogen-bond donors (Lipinski definition) is 1. The molecule has 0 radical (unpaired) electrons. The molecular weight excluding hydrogens is 446 g/mol. The van der Waals surface area contributed by atoms with Crippen molar-refractivity contribution in [2.45, 2.75) is 51.4 Å². The molecule has 4 rings (SSSR count). The second-order valence-corrected chi connectivity index (χ2v) is 9.49. The Morgan fingerprint density at radius 1 is 1.00 bits per heavy atom. The maximum atomic E-state index is 13.5. The van der Waals surface area contributed by atoms with Crippen LogP contribution in [-0.2, 0) is 20.9 Å². The molecule has 3 atom stereocenters. The van der Waals surface area contributed by atoms with Crippen LogP contribution in [0.3, 0.4) is 0 Å². The zero-order chi connectivity index (χ0) is 24.9. The minimum absolute atomic E-state index is 0.0196. The summed E-state index contributed by atoms with van der Waals surface area (Å²) >= 11 is 0. The van der Waals surface area contributed by atoms with Crippen LogP contribution in [0.1, 0.15) is 42.6 Å². The van der Waals surface area contributed by atoms with Crippen LogP contribution < -0.4 is 5.32 Å². The summed E-state index contributed by atoms with van der Waals surface area (Å²) in [5.41, 5.74) is 1.36. The highest BCUT2D eigenvalue weighted by Crippen LogP contribution is 2.31. The van der Waals surface area contributed by atoms with Crippen LogP contribution in [0.5, 0.6) is 0 Å². The molecule has 2 aliphatic rings. The highest BCUT2D eigenvalue weighted by atomic mass is 16.5. The minimum Gasteiger partial charge on any atom is -0.445 e. The topological polar surface area (TPSA) is 96.0 Å². The molecule has 2 heterocycles. The predicted molar refractivity (Wildman–Crippen MR) is 129 cm³/mol. The molecule has 1 N–H and O–H groups in total. The van der Waals surface area contributed by atoms with Gasteiger partial charge in [0.05, 0.1) is 12.6 Å². The van der Waals surface area contributed by atoms with Gasteiger partial charge in [0.25, 0.3) is 5.91 Å². The zero-order valence-corrected chi connectivity index (χ0v) is 20.1. The van der Waals surface area contributed by atoms with Crippen molar-refractivity contribution in [2.24, 2.45) is 5.92 Å². The molecule has 2 aliphatic heterocycles. The number of alkyl carbamates (subject to hydrolysis) is 1. The molecule has 0 aromatic heterocycles. The third-order valence-electron chi connectivity index (χ3n) is 6.50. The van der Waals surface area contributed by atoms with E-state index in [0.29, 0.717) is 24.9 Å². The number of ketones is 1. The summed E-state index contributed by atoms with van der Waals surface area (Å²) in [7, 11) is 0. The van der Waals surface area contributed by atoms with Crippen molar-refractivity contribution >= 4 is 23.7 Å². The molecule has 3 amide bonds. The van der Waals surface area contributed by atoms with Crippen LogP contribution in [0, 0.1) is 5.92 Å². The lowest BCUT2D eigenvalue weighted by Gasteiger charge is -2.29. The fraction of sp³-hybridized carbons (Fsp3) is 0.407. The molecule has 184 valence electrons. The highest BCUT2D eigenvalue weighted by molar-refractivity contribution is 6.02. The quantitative estimate of drug-likeness (QED) is 0.661. The molecule has 0 bridgehead atoms. The number of benzene rings is 2. The van der Waals surface area contributed by atoms with Crippen LogP contribution >= 0.6 is 0 Å². The molecule has 2 aromatic carbocycles. The summed E-state index contributed by atoms with van der Waals surface area (Å²) < 4.78 is 5.32. The number of nitrogens with zero attached hydrogens (tertiary/aromatic N) is 2. The van der Waals surface area contributed by atoms with Crippen molar-refractivity contribution in [3.8, 4) is 0 Å². The van der Waals surface area contributed by atoms with E-state index in [0.717, 1.165) is 5.56 Å². The number of hydrogen-bond acceptors (Lipinski definition) is 5. The first-order valence-electron chi connectivity index (χ1n) is 12.0. The van der Waals surface area contributed by atoms with E-state index in [1.807, 2.05) is 50.2 Å². The van der Waals surface area contributed by atoms with E-state index < -0.39 is 18.2 Å². The number of amides is 3. The number of carbonyl (C=O) groups is 4. The van der Waals surface area contributed by atoms with Crippen LogP contribution in [-0.4, -0.2) is 64.7 Å². The Labute approximate surface area is 205 Å². The molecule has 0 spiro atoms. The van der Waals surface area contributed by atoms with Crippen molar-refractivity contribution in [3.05, 3.63) is 71.8 Å². The first kappa shape index (κ1) is 24.4. The third-order valence-corrected chi connectivity index (χ3v) is 6.50. The van der Waals surface area contributed by atoms with Gasteiger partial charge >= 0.3 is 6.09 Å². The van der Waals surface area contributed by atoms with Crippen molar-refractivity contribution in [3.63, 3.8) is 0 Å². The smallest absolute Gasteiger partial charge is 0.408 e. The van der Waals surface area contributed by atoms with Crippen LogP contribution in [0.2, 0.25) is 0 Å². The molecule has 2 saturated heterocycles. The van der Waals surface area contributed by atoms with Crippen molar-refractivity contribution in [2.75, 3.05) is 13.1 Å². The molecule has 8 heteroatoms. The Bertz CT molecular complexity index is 1070. The highest BCUT2D eigenvalue weighted by Gasteiger charge is 2.52. The Morgan fingerprint density at radius 2 is 1.66 bits per heavy atom. The second-order valence-electron chi connectivity index (χ2n) is 9.49. The molecule has 8 nitrogen and oxygen atoms in total. The number of ether oxygens (including phenoxy) is 1. The van der Waals surface area contributed by atoms with Gasteiger partial charge in [-0.15, -0.1) is 0 Å². The van der Waals surface area contributed by atoms with Gasteiger partial charge in [0.2, 0.25) is 5.91 Å². The predicted octanol–water partition coefficient (Wildman–Crippen LogP) is 3.02. The van der Waals surface area contributed by atoms with Gasteiger partial charge in [0.15, 0.2) is 5.78 Å². The molecule has 2 aromatic rings. The van der Waals surface area contributed by atoms with E-state index in [1.165, 1.54) is 4.90 Å². The number of nitrogens with one attached hydrogen (secondary N) is 1. The maximum Gasteiger partial charge on any atom is 0.408 e. The monoisotopic (exact) mass is 477 g/mol. The van der Waals surface area contributed by atoms with E-state index in [9.17, 15) is 19.2 Å². The number of Topliss-reactive ketones (excluding diaryl/α,β-unsaturated/α-hetero) is 1. The standard InChI is InChI=1S/C27H31N3O5/c1-18(2)15-21(28-27(34)35-17-19-9-5-3-6-10-19)26(33)29-14-13-22-24(29)23(31)16-30(22)25(32)20-11-7-4-8-12-20/h3-12,18,21-22,24H,13-17H2,1-2H3,(H,28,34)/t21-,22+,24-/m0/s1. The van der Waals surface area contributed by atoms with Crippen LogP contribution in [0.15, 0.2) is 60.7 Å². The zero-order valence-electron chi connectivity index (χ0n) is 20.1. The van der Waals surface area contributed by atoms with Crippen molar-refractivity contribution < 1.29 is 23.9 Å². The molecular formula is C27H31N3O5. The van der Waals surface area contributed by atoms with E-state index in [4.69, 9.17) is 4.74 Å². The van der Waals surface area contributed by atoms with E-state index in [2.05, 4.69) is 5.32 Å². The van der Waals surface area contributed by atoms with Gasteiger partial charge in [0.1, 0.15) is 18.7 Å². The van der Waals surface area contributed by atoms with Gasteiger partial charge in [-0.1, -0.05) is 62.4 Å². The largest absolute Gasteiger partial charge is 0.445 e. The van der Waals surface area contributed by atoms with Gasteiger partial charge in [-0.2, -0.15) is 0 Å². The number of carbonyl (C=O) groups excluding carboxylic acids is 4. The Hall–Kier alpha value is -3.68. The number of fused-ring (bicyclic) bond motifs is 1. The fourth-order valence-electron chi connectivity index (χ4n) is 4.89. The maximum absolute atomic E-state index is 13.5. The summed E-state index contributed by atoms with van der Waals surface area (Å²) in [4.78, 5) is 55.1. The summed E-state index contributed by atoms with van der Waals surface area (Å²) in [6.45, 7) is 4.36. The van der Waals surface area contributed by atoms with Gasteiger partial charge in [-0.25, -0.2) is 4.79 Å². The lowest BCUT2D eigenvalue weighted by molar-refractivity contribution is -0.138. The summed E-state index contributed by atoms with van der Waals surface area (Å²) in [6.07, 6.45) is 0.254. The van der Waals surface area contributed by atoms with Gasteiger partial charge in [-0.3, -0.25) is 14.4 Å². The van der Waals surface area contributed by atoms with E-state index in [1.54, 1.807) is 29.2 Å². The molecule has 0 aliphatic carbocycles. The van der Waals surface area contributed by atoms with Gasteiger partial charge in [0, 0.05) is 12.1 Å². The van der Waals surface area contributed by atoms with Crippen LogP contribution in [0.25, 0.3) is 0 Å². The second kappa shape index (κ2) is 10.7. The fourth-order valence-corrected chi connectivity index (χ4v) is 4.89. The first-order chi connectivity index (χ1) is 16.8. The normalized spacial score (nSPS) is 20.0. The van der Waals surface area contributed by atoms with E-state index >= 15 is 0 Å². The first-order valence-corrected chi connectivity index (χ1v) is 12.0. The van der Waals surface area contributed by atoms with Gasteiger partial charge < -0.3 is 19.9 Å². The SMILES string of the molecule is CC(C)C[C@H](NC(=O)OCc1ccccc1)C(=O)N1CC[C@@H]2[C@H]1C(=O)CN2C(=O)c1ccccc1. The Balaban J connectivity index is 1.43. The molecule has 0 unspecified atom stereocenters. The average molecular weight is 478 g/mol. The lowest BCUT2D eigenvalue weighted by Crippen LogP contribution is -2.53. The Morgan fingerprint density at radius 3 is 2.31 bits per heavy atom. The number of likely N-dealkylation sites (tertiary alicyclic amines) is 2. The molecule has 0 saturated carbocycles. The number of rotatable bonds is 7. The summed E-state index contributed by atoms with van der Waals surface area (Å²) in [5.74, 6) is -0.542. The van der Waals surface area contributed by atoms with E-state index in [-0.39, 0.29) is 42.7 Å². The molecule has 35 heavy (non-hydrogen) atoms. The Kier molecular flexibility index (Phi) is 7.48. The minimum atomic E-state index is -0.816. The molecule has 2 fully saturated rings. The average Bonchev–Trinajstić information content (AvgIpc) is 3.44. The third kappa shape index (κ3) is 5.53. The van der Waals surface area contributed by atoms with Gasteiger partial charge in [-0.05, 0) is 36.5 Å². The van der Waals surface area contributed by atoms with Crippen molar-refractivity contribution in [1.29, 1.82) is 0 Å². The summed E-state index contributed by atoms with van der Waals surface area (Å²) in [6, 6.07) is 16.3. The lowest BCUT2D eigenvalue weighted by atomic mass is 10.0. The van der Waals surface area contributed by atoms with Crippen LogP contribution in [0.4, 0.5) is 4.79 Å². The summed E-state index contributed by atoms with van der Waals surface area (Å²) in [5, 5.41) is 2.71.